The van der Waals surface area contributed by atoms with Crippen LogP contribution in [-0.4, -0.2) is 37.2 Å². The monoisotopic (exact) mass is 288 g/mol. The molecule has 1 aromatic rings. The van der Waals surface area contributed by atoms with Crippen molar-refractivity contribution in [2.75, 3.05) is 26.2 Å². The van der Waals surface area contributed by atoms with Crippen LogP contribution in [0.25, 0.3) is 0 Å². The van der Waals surface area contributed by atoms with E-state index in [1.807, 2.05) is 0 Å². The average molecular weight is 288 g/mol. The van der Waals surface area contributed by atoms with Crippen molar-refractivity contribution >= 4 is 0 Å². The van der Waals surface area contributed by atoms with Crippen LogP contribution in [0, 0.1) is 5.92 Å². The lowest BCUT2D eigenvalue weighted by atomic mass is 10.1. The number of hydrogen-bond donors (Lipinski definition) is 1. The molecule has 0 bridgehead atoms. The minimum absolute atomic E-state index is 0.744. The Morgan fingerprint density at radius 2 is 2.10 bits per heavy atom. The number of rotatable bonds is 8. The van der Waals surface area contributed by atoms with Crippen molar-refractivity contribution in [1.29, 1.82) is 0 Å². The van der Waals surface area contributed by atoms with Gasteiger partial charge in [0.05, 0.1) is 0 Å². The van der Waals surface area contributed by atoms with Crippen LogP contribution in [0.5, 0.6) is 5.75 Å². The molecule has 1 aliphatic heterocycles. The van der Waals surface area contributed by atoms with E-state index in [4.69, 9.17) is 4.74 Å². The molecule has 3 heteroatoms. The fraction of sp³-hybridized carbons (Fsp3) is 0.667. The second-order valence-corrected chi connectivity index (χ2v) is 6.47. The van der Waals surface area contributed by atoms with E-state index in [9.17, 15) is 0 Å². The molecular weight excluding hydrogens is 260 g/mol. The summed E-state index contributed by atoms with van der Waals surface area (Å²) in [5.74, 6) is 1.96. The van der Waals surface area contributed by atoms with Crippen molar-refractivity contribution in [2.45, 2.75) is 45.2 Å². The Kier molecular flexibility index (Phi) is 5.15. The highest BCUT2D eigenvalue weighted by Crippen LogP contribution is 2.23. The SMILES string of the molecule is CCC1CCN(CCOc2ccccc2CNC2CC2)C1. The maximum absolute atomic E-state index is 6.04. The summed E-state index contributed by atoms with van der Waals surface area (Å²) in [5, 5.41) is 3.57. The molecule has 3 nitrogen and oxygen atoms in total. The Labute approximate surface area is 128 Å². The Balaban J connectivity index is 1.43. The molecule has 0 radical (unpaired) electrons. The van der Waals surface area contributed by atoms with Gasteiger partial charge in [-0.1, -0.05) is 31.5 Å². The lowest BCUT2D eigenvalue weighted by Crippen LogP contribution is -2.26. The Bertz CT molecular complexity index is 445. The van der Waals surface area contributed by atoms with Gasteiger partial charge in [-0.3, -0.25) is 4.90 Å². The van der Waals surface area contributed by atoms with Gasteiger partial charge >= 0.3 is 0 Å². The van der Waals surface area contributed by atoms with Crippen molar-refractivity contribution in [2.24, 2.45) is 5.92 Å². The van der Waals surface area contributed by atoms with E-state index in [0.29, 0.717) is 0 Å². The number of likely N-dealkylation sites (tertiary alicyclic amines) is 1. The summed E-state index contributed by atoms with van der Waals surface area (Å²) in [7, 11) is 0. The molecule has 1 N–H and O–H groups in total. The zero-order valence-electron chi connectivity index (χ0n) is 13.2. The molecule has 0 aromatic heterocycles. The zero-order valence-corrected chi connectivity index (χ0v) is 13.2. The molecule has 116 valence electrons. The van der Waals surface area contributed by atoms with Gasteiger partial charge in [0.25, 0.3) is 0 Å². The number of ether oxygens (including phenoxy) is 1. The number of nitrogens with one attached hydrogen (secondary N) is 1. The van der Waals surface area contributed by atoms with Gasteiger partial charge < -0.3 is 10.1 Å². The molecule has 0 spiro atoms. The number of nitrogens with zero attached hydrogens (tertiary/aromatic N) is 1. The van der Waals surface area contributed by atoms with Crippen LogP contribution in [-0.2, 0) is 6.54 Å². The van der Waals surface area contributed by atoms with E-state index < -0.39 is 0 Å². The minimum Gasteiger partial charge on any atom is -0.492 e. The largest absolute Gasteiger partial charge is 0.492 e. The van der Waals surface area contributed by atoms with E-state index in [-0.39, 0.29) is 0 Å². The van der Waals surface area contributed by atoms with E-state index in [0.717, 1.165) is 37.4 Å². The van der Waals surface area contributed by atoms with Gasteiger partial charge in [-0.25, -0.2) is 0 Å². The van der Waals surface area contributed by atoms with Crippen molar-refractivity contribution in [3.05, 3.63) is 29.8 Å². The first-order chi connectivity index (χ1) is 10.3. The van der Waals surface area contributed by atoms with E-state index in [1.54, 1.807) is 0 Å². The second kappa shape index (κ2) is 7.28. The summed E-state index contributed by atoms with van der Waals surface area (Å²) < 4.78 is 6.04. The Hall–Kier alpha value is -1.06. The Morgan fingerprint density at radius 3 is 2.86 bits per heavy atom. The van der Waals surface area contributed by atoms with Crippen molar-refractivity contribution in [1.82, 2.24) is 10.2 Å². The summed E-state index contributed by atoms with van der Waals surface area (Å²) in [6, 6.07) is 9.19. The lowest BCUT2D eigenvalue weighted by molar-refractivity contribution is 0.231. The molecule has 1 saturated carbocycles. The van der Waals surface area contributed by atoms with Crippen LogP contribution in [0.15, 0.2) is 24.3 Å². The standard InChI is InChI=1S/C18H28N2O/c1-2-15-9-10-20(14-15)11-12-21-18-6-4-3-5-16(18)13-19-17-7-8-17/h3-6,15,17,19H,2,7-14H2,1H3. The molecule has 0 amide bonds. The first kappa shape index (κ1) is 14.9. The van der Waals surface area contributed by atoms with E-state index in [2.05, 4.69) is 41.4 Å². The summed E-state index contributed by atoms with van der Waals surface area (Å²) in [6.07, 6.45) is 5.33. The Morgan fingerprint density at radius 1 is 1.24 bits per heavy atom. The van der Waals surface area contributed by atoms with Gasteiger partial charge in [-0.15, -0.1) is 0 Å². The maximum Gasteiger partial charge on any atom is 0.123 e. The van der Waals surface area contributed by atoms with E-state index in [1.165, 1.54) is 44.3 Å². The second-order valence-electron chi connectivity index (χ2n) is 6.47. The highest BCUT2D eigenvalue weighted by atomic mass is 16.5. The molecule has 3 rings (SSSR count). The summed E-state index contributed by atoms with van der Waals surface area (Å²) in [5.41, 5.74) is 1.29. The molecule has 1 atom stereocenters. The van der Waals surface area contributed by atoms with Crippen LogP contribution >= 0.6 is 0 Å². The van der Waals surface area contributed by atoms with Gasteiger partial charge in [-0.05, 0) is 37.8 Å². The van der Waals surface area contributed by atoms with Crippen LogP contribution in [0.3, 0.4) is 0 Å². The summed E-state index contributed by atoms with van der Waals surface area (Å²) in [6.45, 7) is 7.59. The quantitative estimate of drug-likeness (QED) is 0.795. The van der Waals surface area contributed by atoms with Crippen molar-refractivity contribution in [3.63, 3.8) is 0 Å². The molecule has 1 aliphatic carbocycles. The molecule has 2 aliphatic rings. The van der Waals surface area contributed by atoms with Gasteiger partial charge in [0.2, 0.25) is 0 Å². The molecule has 2 fully saturated rings. The van der Waals surface area contributed by atoms with Gasteiger partial charge in [0.1, 0.15) is 12.4 Å². The number of benzene rings is 1. The number of hydrogen-bond acceptors (Lipinski definition) is 3. The highest BCUT2D eigenvalue weighted by molar-refractivity contribution is 5.33. The maximum atomic E-state index is 6.04. The normalized spacial score (nSPS) is 22.6. The summed E-state index contributed by atoms with van der Waals surface area (Å²) in [4.78, 5) is 2.54. The van der Waals surface area contributed by atoms with Gasteiger partial charge in [0, 0.05) is 31.2 Å². The molecule has 1 unspecified atom stereocenters. The molecule has 21 heavy (non-hydrogen) atoms. The third-order valence-electron chi connectivity index (χ3n) is 4.74. The third kappa shape index (κ3) is 4.45. The third-order valence-corrected chi connectivity index (χ3v) is 4.74. The van der Waals surface area contributed by atoms with Crippen molar-refractivity contribution < 1.29 is 4.74 Å². The fourth-order valence-corrected chi connectivity index (χ4v) is 3.07. The predicted octanol–water partition coefficient (Wildman–Crippen LogP) is 3.05. The topological polar surface area (TPSA) is 24.5 Å². The smallest absolute Gasteiger partial charge is 0.123 e. The number of para-hydroxylation sites is 1. The highest BCUT2D eigenvalue weighted by Gasteiger charge is 2.21. The molecule has 1 saturated heterocycles. The minimum atomic E-state index is 0.744. The zero-order chi connectivity index (χ0) is 14.5. The lowest BCUT2D eigenvalue weighted by Gasteiger charge is -2.17. The van der Waals surface area contributed by atoms with Gasteiger partial charge in [-0.2, -0.15) is 0 Å². The molecule has 1 heterocycles. The average Bonchev–Trinajstić information content (AvgIpc) is 3.23. The first-order valence-electron chi connectivity index (χ1n) is 8.51. The predicted molar refractivity (Wildman–Crippen MR) is 86.6 cm³/mol. The fourth-order valence-electron chi connectivity index (χ4n) is 3.07. The van der Waals surface area contributed by atoms with Gasteiger partial charge in [0.15, 0.2) is 0 Å². The molecular formula is C18H28N2O. The summed E-state index contributed by atoms with van der Waals surface area (Å²) >= 11 is 0. The first-order valence-corrected chi connectivity index (χ1v) is 8.51. The molecule has 1 aromatic carbocycles. The van der Waals surface area contributed by atoms with E-state index >= 15 is 0 Å². The van der Waals surface area contributed by atoms with Crippen LogP contribution in [0.1, 0.15) is 38.2 Å². The van der Waals surface area contributed by atoms with Crippen molar-refractivity contribution in [3.8, 4) is 5.75 Å². The van der Waals surface area contributed by atoms with Crippen LogP contribution in [0.4, 0.5) is 0 Å². The van der Waals surface area contributed by atoms with Crippen LogP contribution in [0.2, 0.25) is 0 Å². The van der Waals surface area contributed by atoms with Crippen LogP contribution < -0.4 is 10.1 Å².